The molecular formula is C11H20O2. The number of ether oxygens (including phenoxy) is 1. The largest absolute Gasteiger partial charge is 0.488 e. The molecule has 0 aromatic carbocycles. The van der Waals surface area contributed by atoms with Crippen molar-refractivity contribution in [3.05, 3.63) is 11.8 Å². The van der Waals surface area contributed by atoms with Crippen molar-refractivity contribution in [2.45, 2.75) is 47.6 Å². The van der Waals surface area contributed by atoms with Gasteiger partial charge < -0.3 is 4.74 Å². The molecule has 0 amide bonds. The molecule has 0 aliphatic heterocycles. The first-order valence-corrected chi connectivity index (χ1v) is 4.63. The number of ketones is 1. The molecule has 0 aliphatic carbocycles. The van der Waals surface area contributed by atoms with Crippen molar-refractivity contribution in [1.82, 2.24) is 0 Å². The molecule has 76 valence electrons. The van der Waals surface area contributed by atoms with E-state index in [-0.39, 0.29) is 17.3 Å². The maximum Gasteiger partial charge on any atom is 0.193 e. The molecule has 0 radical (unpaired) electrons. The number of hydrogen-bond acceptors (Lipinski definition) is 2. The first-order chi connectivity index (χ1) is 5.72. The molecule has 0 bridgehead atoms. The Hall–Kier alpha value is -0.790. The Morgan fingerprint density at radius 1 is 1.31 bits per heavy atom. The highest BCUT2D eigenvalue weighted by Gasteiger charge is 2.13. The topological polar surface area (TPSA) is 26.3 Å². The molecule has 2 nitrogen and oxygen atoms in total. The molecule has 0 saturated carbocycles. The van der Waals surface area contributed by atoms with E-state index in [0.29, 0.717) is 5.76 Å². The summed E-state index contributed by atoms with van der Waals surface area (Å²) in [5.41, 5.74) is -0.0180. The summed E-state index contributed by atoms with van der Waals surface area (Å²) in [4.78, 5) is 11.2. The molecule has 0 atom stereocenters. The Kier molecular flexibility index (Phi) is 4.18. The first kappa shape index (κ1) is 12.2. The fraction of sp³-hybridized carbons (Fsp3) is 0.727. The van der Waals surface area contributed by atoms with Crippen molar-refractivity contribution in [1.29, 1.82) is 0 Å². The average Bonchev–Trinajstić information content (AvgIpc) is 1.81. The number of allylic oxidation sites excluding steroid dienone is 2. The van der Waals surface area contributed by atoms with E-state index in [1.165, 1.54) is 6.92 Å². The van der Waals surface area contributed by atoms with E-state index in [0.717, 1.165) is 0 Å². The zero-order valence-electron chi connectivity index (χ0n) is 9.47. The van der Waals surface area contributed by atoms with E-state index in [4.69, 9.17) is 4.74 Å². The lowest BCUT2D eigenvalue weighted by Gasteiger charge is -2.17. The second-order valence-electron chi connectivity index (χ2n) is 4.60. The minimum atomic E-state index is -0.0180. The van der Waals surface area contributed by atoms with Gasteiger partial charge in [-0.1, -0.05) is 20.8 Å². The van der Waals surface area contributed by atoms with Gasteiger partial charge in [0, 0.05) is 6.92 Å². The van der Waals surface area contributed by atoms with Gasteiger partial charge in [0.15, 0.2) is 11.5 Å². The van der Waals surface area contributed by atoms with Crippen molar-refractivity contribution in [3.8, 4) is 0 Å². The van der Waals surface area contributed by atoms with Gasteiger partial charge >= 0.3 is 0 Å². The molecule has 0 aliphatic rings. The summed E-state index contributed by atoms with van der Waals surface area (Å²) in [7, 11) is 0. The summed E-state index contributed by atoms with van der Waals surface area (Å²) >= 11 is 0. The third-order valence-electron chi connectivity index (χ3n) is 1.27. The Bertz CT molecular complexity index is 207. The maximum atomic E-state index is 11.2. The van der Waals surface area contributed by atoms with Crippen LogP contribution in [0.1, 0.15) is 41.5 Å². The molecule has 2 heteroatoms. The van der Waals surface area contributed by atoms with Crippen molar-refractivity contribution < 1.29 is 9.53 Å². The second kappa shape index (κ2) is 4.45. The molecule has 13 heavy (non-hydrogen) atoms. The van der Waals surface area contributed by atoms with Crippen molar-refractivity contribution in [2.75, 3.05) is 0 Å². The van der Waals surface area contributed by atoms with Gasteiger partial charge in [-0.25, -0.2) is 0 Å². The second-order valence-corrected chi connectivity index (χ2v) is 4.60. The molecule has 0 rings (SSSR count). The van der Waals surface area contributed by atoms with Gasteiger partial charge in [-0.3, -0.25) is 4.79 Å². The highest BCUT2D eigenvalue weighted by molar-refractivity contribution is 5.91. The lowest BCUT2D eigenvalue weighted by Crippen LogP contribution is -2.12. The number of carbonyl (C=O) groups excluding carboxylic acids is 1. The Balaban J connectivity index is 4.61. The Labute approximate surface area is 81.0 Å². The molecule has 0 unspecified atom stereocenters. The maximum absolute atomic E-state index is 11.2. The third-order valence-corrected chi connectivity index (χ3v) is 1.27. The fourth-order valence-corrected chi connectivity index (χ4v) is 0.866. The normalized spacial score (nSPS) is 13.3. The van der Waals surface area contributed by atoms with E-state index < -0.39 is 0 Å². The Morgan fingerprint density at radius 3 is 2.00 bits per heavy atom. The van der Waals surface area contributed by atoms with Gasteiger partial charge in [0.05, 0.1) is 6.10 Å². The molecule has 0 aromatic heterocycles. The van der Waals surface area contributed by atoms with Gasteiger partial charge in [-0.15, -0.1) is 0 Å². The molecule has 0 saturated heterocycles. The molecule has 0 fully saturated rings. The zero-order chi connectivity index (χ0) is 10.6. The highest BCUT2D eigenvalue weighted by Crippen LogP contribution is 2.19. The van der Waals surface area contributed by atoms with E-state index in [9.17, 15) is 4.79 Å². The lowest BCUT2D eigenvalue weighted by molar-refractivity contribution is -0.117. The Morgan fingerprint density at radius 2 is 1.77 bits per heavy atom. The number of Topliss-reactive ketones (excluding diaryl/α,β-unsaturated/α-hetero) is 1. The predicted molar refractivity (Wildman–Crippen MR) is 54.4 cm³/mol. The summed E-state index contributed by atoms with van der Waals surface area (Å²) in [5, 5.41) is 0. The standard InChI is InChI=1S/C11H20O2/c1-8(2)13-10(9(3)12)7-11(4,5)6/h7-8H,1-6H3/b10-7-. The summed E-state index contributed by atoms with van der Waals surface area (Å²) in [6.45, 7) is 11.5. The monoisotopic (exact) mass is 184 g/mol. The van der Waals surface area contributed by atoms with Gasteiger partial charge in [-0.05, 0) is 25.3 Å². The van der Waals surface area contributed by atoms with E-state index >= 15 is 0 Å². The van der Waals surface area contributed by atoms with Crippen LogP contribution in [-0.2, 0) is 9.53 Å². The number of carbonyl (C=O) groups is 1. The van der Waals surface area contributed by atoms with E-state index in [1.54, 1.807) is 0 Å². The van der Waals surface area contributed by atoms with Crippen LogP contribution in [0, 0.1) is 5.41 Å². The van der Waals surface area contributed by atoms with Crippen LogP contribution in [0.4, 0.5) is 0 Å². The molecule has 0 aromatic rings. The van der Waals surface area contributed by atoms with Crippen molar-refractivity contribution in [3.63, 3.8) is 0 Å². The van der Waals surface area contributed by atoms with Crippen LogP contribution in [0.15, 0.2) is 11.8 Å². The van der Waals surface area contributed by atoms with E-state index in [1.807, 2.05) is 40.7 Å². The van der Waals surface area contributed by atoms with Crippen molar-refractivity contribution in [2.24, 2.45) is 5.41 Å². The summed E-state index contributed by atoms with van der Waals surface area (Å²) < 4.78 is 5.40. The van der Waals surface area contributed by atoms with Crippen LogP contribution in [0.2, 0.25) is 0 Å². The minimum absolute atomic E-state index is 0.0105. The number of rotatable bonds is 3. The predicted octanol–water partition coefficient (Wildman–Crippen LogP) is 2.93. The van der Waals surface area contributed by atoms with Crippen LogP contribution in [-0.4, -0.2) is 11.9 Å². The van der Waals surface area contributed by atoms with Gasteiger partial charge in [0.1, 0.15) is 0 Å². The highest BCUT2D eigenvalue weighted by atomic mass is 16.5. The molecule has 0 N–H and O–H groups in total. The molecule has 0 spiro atoms. The minimum Gasteiger partial charge on any atom is -0.488 e. The molecular weight excluding hydrogens is 164 g/mol. The molecule has 0 heterocycles. The van der Waals surface area contributed by atoms with Crippen LogP contribution in [0.3, 0.4) is 0 Å². The zero-order valence-corrected chi connectivity index (χ0v) is 9.47. The smallest absolute Gasteiger partial charge is 0.193 e. The quantitative estimate of drug-likeness (QED) is 0.498. The van der Waals surface area contributed by atoms with Crippen LogP contribution >= 0.6 is 0 Å². The van der Waals surface area contributed by atoms with Crippen molar-refractivity contribution >= 4 is 5.78 Å². The van der Waals surface area contributed by atoms with Gasteiger partial charge in [0.25, 0.3) is 0 Å². The fourth-order valence-electron chi connectivity index (χ4n) is 0.866. The van der Waals surface area contributed by atoms with Crippen LogP contribution in [0.5, 0.6) is 0 Å². The first-order valence-electron chi connectivity index (χ1n) is 4.63. The summed E-state index contributed by atoms with van der Waals surface area (Å²) in [5.74, 6) is 0.464. The summed E-state index contributed by atoms with van der Waals surface area (Å²) in [6, 6.07) is 0. The van der Waals surface area contributed by atoms with Gasteiger partial charge in [0.2, 0.25) is 0 Å². The SMILES string of the molecule is CC(=O)/C(=C/C(C)(C)C)OC(C)C. The number of hydrogen-bond donors (Lipinski definition) is 0. The van der Waals surface area contributed by atoms with E-state index in [2.05, 4.69) is 0 Å². The summed E-state index contributed by atoms with van der Waals surface area (Å²) in [6.07, 6.45) is 1.92. The van der Waals surface area contributed by atoms with Crippen LogP contribution in [0.25, 0.3) is 0 Å². The van der Waals surface area contributed by atoms with Crippen LogP contribution < -0.4 is 0 Å². The average molecular weight is 184 g/mol. The van der Waals surface area contributed by atoms with Gasteiger partial charge in [-0.2, -0.15) is 0 Å². The lowest BCUT2D eigenvalue weighted by atomic mass is 9.95. The third kappa shape index (κ3) is 6.38.